The number of nitrogens with zero attached hydrogens (tertiary/aromatic N) is 4. The highest BCUT2D eigenvalue weighted by molar-refractivity contribution is 6.31. The van der Waals surface area contributed by atoms with E-state index in [0.29, 0.717) is 16.4 Å². The molecular formula is C11H9ClN4. The summed E-state index contributed by atoms with van der Waals surface area (Å²) in [7, 11) is 0. The first-order valence-electron chi connectivity index (χ1n) is 4.72. The average molecular weight is 233 g/mol. The summed E-state index contributed by atoms with van der Waals surface area (Å²) in [4.78, 5) is 0. The first-order valence-corrected chi connectivity index (χ1v) is 5.10. The van der Waals surface area contributed by atoms with Crippen LogP contribution in [0.3, 0.4) is 0 Å². The predicted molar refractivity (Wildman–Crippen MR) is 60.6 cm³/mol. The largest absolute Gasteiger partial charge is 0.216 e. The summed E-state index contributed by atoms with van der Waals surface area (Å²) in [6.45, 7) is 3.73. The highest BCUT2D eigenvalue weighted by Crippen LogP contribution is 2.20. The molecule has 1 heterocycles. The second-order valence-electron chi connectivity index (χ2n) is 3.48. The lowest BCUT2D eigenvalue weighted by atomic mass is 10.2. The van der Waals surface area contributed by atoms with E-state index in [2.05, 4.69) is 10.3 Å². The van der Waals surface area contributed by atoms with Crippen molar-refractivity contribution in [3.63, 3.8) is 0 Å². The fourth-order valence-corrected chi connectivity index (χ4v) is 1.57. The Morgan fingerprint density at radius 1 is 1.38 bits per heavy atom. The van der Waals surface area contributed by atoms with Crippen LogP contribution in [0.25, 0.3) is 5.69 Å². The third kappa shape index (κ3) is 1.66. The average Bonchev–Trinajstić information content (AvgIpc) is 2.64. The molecule has 0 aliphatic rings. The zero-order valence-electron chi connectivity index (χ0n) is 8.90. The molecule has 0 amide bonds. The van der Waals surface area contributed by atoms with Crippen molar-refractivity contribution in [3.8, 4) is 11.8 Å². The van der Waals surface area contributed by atoms with Gasteiger partial charge in [-0.15, -0.1) is 5.10 Å². The number of nitriles is 1. The maximum atomic E-state index is 8.79. The number of aromatic nitrogens is 3. The Kier molecular flexibility index (Phi) is 2.63. The summed E-state index contributed by atoms with van der Waals surface area (Å²) in [5.74, 6) is 0. The first kappa shape index (κ1) is 10.7. The SMILES string of the molecule is Cc1ccc(-n2nnc(C#N)c2C)cc1Cl. The van der Waals surface area contributed by atoms with Crippen LogP contribution in [0.5, 0.6) is 0 Å². The van der Waals surface area contributed by atoms with Crippen LogP contribution in [0.2, 0.25) is 5.02 Å². The molecule has 2 rings (SSSR count). The van der Waals surface area contributed by atoms with E-state index in [0.717, 1.165) is 11.3 Å². The molecule has 0 spiro atoms. The molecule has 2 aromatic rings. The van der Waals surface area contributed by atoms with Crippen LogP contribution in [0.4, 0.5) is 0 Å². The number of rotatable bonds is 1. The standard InChI is InChI=1S/C11H9ClN4/c1-7-3-4-9(5-10(7)12)16-8(2)11(6-13)14-15-16/h3-5H,1-2H3. The monoisotopic (exact) mass is 232 g/mol. The Hall–Kier alpha value is -1.86. The Balaban J connectivity index is 2.55. The lowest BCUT2D eigenvalue weighted by Crippen LogP contribution is -1.99. The van der Waals surface area contributed by atoms with Crippen LogP contribution < -0.4 is 0 Å². The summed E-state index contributed by atoms with van der Waals surface area (Å²) >= 11 is 6.03. The van der Waals surface area contributed by atoms with E-state index in [9.17, 15) is 0 Å². The Bertz CT molecular complexity index is 580. The molecule has 1 aromatic carbocycles. The van der Waals surface area contributed by atoms with Crippen LogP contribution in [-0.2, 0) is 0 Å². The fourth-order valence-electron chi connectivity index (χ4n) is 1.39. The normalized spacial score (nSPS) is 10.1. The Labute approximate surface area is 98.1 Å². The number of benzene rings is 1. The van der Waals surface area contributed by atoms with Crippen molar-refractivity contribution in [2.45, 2.75) is 13.8 Å². The van der Waals surface area contributed by atoms with Crippen LogP contribution in [0.15, 0.2) is 18.2 Å². The smallest absolute Gasteiger partial charge is 0.186 e. The van der Waals surface area contributed by atoms with E-state index in [-0.39, 0.29) is 0 Å². The van der Waals surface area contributed by atoms with E-state index in [4.69, 9.17) is 16.9 Å². The van der Waals surface area contributed by atoms with Gasteiger partial charge in [-0.2, -0.15) is 5.26 Å². The van der Waals surface area contributed by atoms with Crippen LogP contribution >= 0.6 is 11.6 Å². The Morgan fingerprint density at radius 3 is 2.69 bits per heavy atom. The summed E-state index contributed by atoms with van der Waals surface area (Å²) in [6.07, 6.45) is 0. The van der Waals surface area contributed by atoms with E-state index in [1.54, 1.807) is 17.7 Å². The van der Waals surface area contributed by atoms with Crippen molar-refractivity contribution in [1.82, 2.24) is 15.0 Å². The lowest BCUT2D eigenvalue weighted by Gasteiger charge is -2.04. The van der Waals surface area contributed by atoms with Gasteiger partial charge in [-0.05, 0) is 31.5 Å². The molecule has 0 N–H and O–H groups in total. The third-order valence-electron chi connectivity index (χ3n) is 2.40. The van der Waals surface area contributed by atoms with Gasteiger partial charge in [0, 0.05) is 5.02 Å². The molecule has 0 bridgehead atoms. The van der Waals surface area contributed by atoms with Gasteiger partial charge >= 0.3 is 0 Å². The molecule has 5 heteroatoms. The topological polar surface area (TPSA) is 54.5 Å². The van der Waals surface area contributed by atoms with Gasteiger partial charge in [-0.3, -0.25) is 0 Å². The Morgan fingerprint density at radius 2 is 2.12 bits per heavy atom. The van der Waals surface area contributed by atoms with Crippen molar-refractivity contribution in [2.24, 2.45) is 0 Å². The minimum Gasteiger partial charge on any atom is -0.216 e. The molecule has 0 saturated heterocycles. The molecular weight excluding hydrogens is 224 g/mol. The van der Waals surface area contributed by atoms with E-state index >= 15 is 0 Å². The fraction of sp³-hybridized carbons (Fsp3) is 0.182. The number of halogens is 1. The van der Waals surface area contributed by atoms with Crippen LogP contribution in [-0.4, -0.2) is 15.0 Å². The summed E-state index contributed by atoms with van der Waals surface area (Å²) < 4.78 is 1.60. The highest BCUT2D eigenvalue weighted by Gasteiger charge is 2.09. The molecule has 0 unspecified atom stereocenters. The zero-order valence-corrected chi connectivity index (χ0v) is 9.65. The van der Waals surface area contributed by atoms with Crippen LogP contribution in [0, 0.1) is 25.2 Å². The highest BCUT2D eigenvalue weighted by atomic mass is 35.5. The van der Waals surface area contributed by atoms with Gasteiger partial charge < -0.3 is 0 Å². The molecule has 0 atom stereocenters. The number of hydrogen-bond acceptors (Lipinski definition) is 3. The second-order valence-corrected chi connectivity index (χ2v) is 3.89. The van der Waals surface area contributed by atoms with Crippen molar-refractivity contribution in [3.05, 3.63) is 40.2 Å². The molecule has 0 radical (unpaired) electrons. The molecule has 80 valence electrons. The molecule has 16 heavy (non-hydrogen) atoms. The van der Waals surface area contributed by atoms with E-state index < -0.39 is 0 Å². The van der Waals surface area contributed by atoms with Gasteiger partial charge in [0.1, 0.15) is 6.07 Å². The molecule has 0 fully saturated rings. The van der Waals surface area contributed by atoms with Crippen LogP contribution in [0.1, 0.15) is 17.0 Å². The van der Waals surface area contributed by atoms with Gasteiger partial charge in [0.15, 0.2) is 5.69 Å². The van der Waals surface area contributed by atoms with Gasteiger partial charge in [0.25, 0.3) is 0 Å². The number of aryl methyl sites for hydroxylation is 1. The van der Waals surface area contributed by atoms with Crippen molar-refractivity contribution < 1.29 is 0 Å². The van der Waals surface area contributed by atoms with Gasteiger partial charge in [0.05, 0.1) is 11.4 Å². The summed E-state index contributed by atoms with van der Waals surface area (Å²) in [5, 5.41) is 17.1. The second kappa shape index (κ2) is 3.95. The predicted octanol–water partition coefficient (Wildman–Crippen LogP) is 2.41. The summed E-state index contributed by atoms with van der Waals surface area (Å²) in [6, 6.07) is 7.59. The molecule has 1 aromatic heterocycles. The van der Waals surface area contributed by atoms with Crippen molar-refractivity contribution in [2.75, 3.05) is 0 Å². The van der Waals surface area contributed by atoms with Gasteiger partial charge in [-0.1, -0.05) is 22.9 Å². The van der Waals surface area contributed by atoms with Crippen molar-refractivity contribution in [1.29, 1.82) is 5.26 Å². The lowest BCUT2D eigenvalue weighted by molar-refractivity contribution is 0.784. The summed E-state index contributed by atoms with van der Waals surface area (Å²) in [5.41, 5.74) is 2.85. The minimum absolute atomic E-state index is 0.330. The third-order valence-corrected chi connectivity index (χ3v) is 2.81. The van der Waals surface area contributed by atoms with Crippen molar-refractivity contribution >= 4 is 11.6 Å². The molecule has 0 saturated carbocycles. The van der Waals surface area contributed by atoms with E-state index in [1.807, 2.05) is 25.1 Å². The van der Waals surface area contributed by atoms with E-state index in [1.165, 1.54) is 0 Å². The quantitative estimate of drug-likeness (QED) is 0.759. The number of hydrogen-bond donors (Lipinski definition) is 0. The van der Waals surface area contributed by atoms with Gasteiger partial charge in [-0.25, -0.2) is 4.68 Å². The maximum Gasteiger partial charge on any atom is 0.186 e. The first-order chi connectivity index (χ1) is 7.63. The zero-order chi connectivity index (χ0) is 11.7. The van der Waals surface area contributed by atoms with Gasteiger partial charge in [0.2, 0.25) is 0 Å². The molecule has 0 aliphatic carbocycles. The minimum atomic E-state index is 0.330. The molecule has 0 aliphatic heterocycles. The maximum absolute atomic E-state index is 8.79. The molecule has 4 nitrogen and oxygen atoms in total.